The molecule has 1 N–H and O–H groups in total. The molecule has 12 heteroatoms. The summed E-state index contributed by atoms with van der Waals surface area (Å²) in [5, 5.41) is 19.9. The Hall–Kier alpha value is -3.83. The smallest absolute Gasteiger partial charge is 0.325 e. The highest BCUT2D eigenvalue weighted by Gasteiger charge is 2.43. The standard InChI is InChI=1S/C23H21ClN6O4S/c1-28-22(33)17(12-19(31)25-16-10-8-15(24)9-11-16)30(23(28)35)13-18-21(34-27-29(18)2)26-20(32)14-6-4-3-5-7-14/h3-11,17H,12-13H2,1-2H3,(H-,25,26,27,31,32). The van der Waals surface area contributed by atoms with Gasteiger partial charge in [-0.1, -0.05) is 41.9 Å². The summed E-state index contributed by atoms with van der Waals surface area (Å²) in [4.78, 5) is 32.6. The van der Waals surface area contributed by atoms with E-state index >= 15 is 0 Å². The van der Waals surface area contributed by atoms with E-state index in [1.54, 1.807) is 73.6 Å². The largest absolute Gasteiger partial charge is 0.858 e. The maximum Gasteiger partial charge on any atom is 0.325 e. The number of aliphatic imine (C=N–C) groups is 1. The van der Waals surface area contributed by atoms with E-state index in [2.05, 4.69) is 15.6 Å². The Balaban J connectivity index is 1.56. The first-order valence-corrected chi connectivity index (χ1v) is 11.3. The molecule has 0 bridgehead atoms. The maximum absolute atomic E-state index is 12.9. The second kappa shape index (κ2) is 10.2. The van der Waals surface area contributed by atoms with Gasteiger partial charge in [0.05, 0.1) is 6.42 Å². The number of nitrogens with one attached hydrogen (secondary N) is 1. The molecule has 1 fully saturated rings. The number of amides is 2. The van der Waals surface area contributed by atoms with Crippen molar-refractivity contribution in [3.8, 4) is 0 Å². The highest BCUT2D eigenvalue weighted by molar-refractivity contribution is 7.80. The van der Waals surface area contributed by atoms with E-state index in [1.807, 2.05) is 0 Å². The minimum atomic E-state index is -0.854. The van der Waals surface area contributed by atoms with E-state index in [-0.39, 0.29) is 35.8 Å². The van der Waals surface area contributed by atoms with Crippen molar-refractivity contribution in [3.63, 3.8) is 0 Å². The van der Waals surface area contributed by atoms with Crippen molar-refractivity contribution in [2.45, 2.75) is 19.0 Å². The van der Waals surface area contributed by atoms with Gasteiger partial charge >= 0.3 is 5.88 Å². The highest BCUT2D eigenvalue weighted by atomic mass is 35.5. The molecule has 1 unspecified atom stereocenters. The molecule has 3 aromatic rings. The molecule has 1 aromatic heterocycles. The molecule has 0 spiro atoms. The number of hydrogen-bond acceptors (Lipinski definition) is 7. The van der Waals surface area contributed by atoms with Crippen LogP contribution in [0, 0.1) is 0 Å². The van der Waals surface area contributed by atoms with E-state index in [4.69, 9.17) is 28.3 Å². The second-order valence-corrected chi connectivity index (χ2v) is 8.62. The summed E-state index contributed by atoms with van der Waals surface area (Å²) in [6.45, 7) is 0.0503. The van der Waals surface area contributed by atoms with Gasteiger partial charge in [0.15, 0.2) is 12.2 Å². The minimum Gasteiger partial charge on any atom is -0.858 e. The van der Waals surface area contributed by atoms with Gasteiger partial charge in [0.2, 0.25) is 11.2 Å². The molecule has 2 amide bonds. The highest BCUT2D eigenvalue weighted by Crippen LogP contribution is 2.25. The number of benzene rings is 2. The summed E-state index contributed by atoms with van der Waals surface area (Å²) in [6, 6.07) is 14.3. The lowest BCUT2D eigenvalue weighted by atomic mass is 10.1. The van der Waals surface area contributed by atoms with Crippen LogP contribution in [0.3, 0.4) is 0 Å². The van der Waals surface area contributed by atoms with Crippen LogP contribution in [0.15, 0.2) is 64.1 Å². The molecule has 10 nitrogen and oxygen atoms in total. The zero-order valence-electron chi connectivity index (χ0n) is 18.8. The topological polar surface area (TPSA) is 118 Å². The van der Waals surface area contributed by atoms with Crippen LogP contribution in [0.5, 0.6) is 0 Å². The SMILES string of the molecule is CN1C(=O)C(CC(=O)Nc2ccc(Cl)cc2)N(Cc2c(/N=C(\[O-])c3ccccc3)on[n+]2C)C1=S. The van der Waals surface area contributed by atoms with Crippen LogP contribution in [0.1, 0.15) is 17.7 Å². The molecule has 2 aromatic carbocycles. The summed E-state index contributed by atoms with van der Waals surface area (Å²) >= 11 is 11.4. The van der Waals surface area contributed by atoms with E-state index in [0.29, 0.717) is 22.0 Å². The van der Waals surface area contributed by atoms with E-state index in [0.717, 1.165) is 0 Å². The lowest BCUT2D eigenvalue weighted by molar-refractivity contribution is -0.746. The molecule has 1 atom stereocenters. The van der Waals surface area contributed by atoms with E-state index < -0.39 is 11.9 Å². The van der Waals surface area contributed by atoms with Crippen LogP contribution in [0.4, 0.5) is 11.6 Å². The van der Waals surface area contributed by atoms with Gasteiger partial charge in [-0.15, -0.1) is 0 Å². The summed E-state index contributed by atoms with van der Waals surface area (Å²) in [5.74, 6) is -1.19. The first-order chi connectivity index (χ1) is 16.7. The lowest BCUT2D eigenvalue weighted by Gasteiger charge is -2.21. The summed E-state index contributed by atoms with van der Waals surface area (Å²) in [7, 11) is 3.17. The number of aromatic nitrogens is 2. The zero-order chi connectivity index (χ0) is 25.1. The number of hydrogen-bond donors (Lipinski definition) is 1. The monoisotopic (exact) mass is 512 g/mol. The molecule has 1 saturated heterocycles. The number of thiocarbonyl (C=S) groups is 1. The minimum absolute atomic E-state index is 0.00415. The summed E-state index contributed by atoms with van der Waals surface area (Å²) < 4.78 is 6.67. The van der Waals surface area contributed by atoms with Gasteiger partial charge in [-0.25, -0.2) is 4.99 Å². The number of likely N-dealkylation sites (N-methyl/N-ethyl adjacent to an activating group) is 1. The second-order valence-electron chi connectivity index (χ2n) is 7.81. The van der Waals surface area contributed by atoms with Gasteiger partial charge < -0.3 is 15.3 Å². The Labute approximate surface area is 211 Å². The number of halogens is 1. The molecule has 2 heterocycles. The van der Waals surface area contributed by atoms with Crippen LogP contribution < -0.4 is 15.1 Å². The molecular weight excluding hydrogens is 492 g/mol. The Morgan fingerprint density at radius 1 is 1.26 bits per heavy atom. The summed E-state index contributed by atoms with van der Waals surface area (Å²) in [5.41, 5.74) is 1.36. The van der Waals surface area contributed by atoms with Gasteiger partial charge in [0, 0.05) is 17.8 Å². The van der Waals surface area contributed by atoms with Crippen molar-refractivity contribution >= 4 is 58.2 Å². The van der Waals surface area contributed by atoms with Crippen LogP contribution in [-0.2, 0) is 23.2 Å². The number of anilines is 1. The lowest BCUT2D eigenvalue weighted by Crippen LogP contribution is -2.42. The van der Waals surface area contributed by atoms with Crippen molar-refractivity contribution in [1.29, 1.82) is 0 Å². The third-order valence-corrected chi connectivity index (χ3v) is 6.22. The zero-order valence-corrected chi connectivity index (χ0v) is 20.4. The predicted octanol–water partition coefficient (Wildman–Crippen LogP) is 1.55. The van der Waals surface area contributed by atoms with E-state index in [1.165, 1.54) is 9.58 Å². The van der Waals surface area contributed by atoms with Gasteiger partial charge in [0.1, 0.15) is 12.6 Å². The van der Waals surface area contributed by atoms with Gasteiger partial charge in [0.25, 0.3) is 11.6 Å². The number of rotatable bonds is 7. The van der Waals surface area contributed by atoms with Gasteiger partial charge in [-0.3, -0.25) is 19.0 Å². The predicted molar refractivity (Wildman–Crippen MR) is 130 cm³/mol. The summed E-state index contributed by atoms with van der Waals surface area (Å²) in [6.07, 6.45) is -0.143. The van der Waals surface area contributed by atoms with Crippen LogP contribution in [0.25, 0.3) is 0 Å². The Morgan fingerprint density at radius 2 is 1.94 bits per heavy atom. The first-order valence-electron chi connectivity index (χ1n) is 10.5. The molecule has 1 aliphatic heterocycles. The molecule has 1 aliphatic rings. The molecule has 0 aliphatic carbocycles. The van der Waals surface area contributed by atoms with Crippen LogP contribution in [0.2, 0.25) is 5.02 Å². The first kappa shape index (κ1) is 24.3. The van der Waals surface area contributed by atoms with Gasteiger partial charge in [-0.2, -0.15) is 0 Å². The third kappa shape index (κ3) is 5.31. The Bertz CT molecular complexity index is 1300. The van der Waals surface area contributed by atoms with Crippen molar-refractivity contribution in [2.75, 3.05) is 12.4 Å². The fourth-order valence-corrected chi connectivity index (χ4v) is 3.98. The number of carbonyl (C=O) groups is 2. The van der Waals surface area contributed by atoms with Crippen LogP contribution in [-0.4, -0.2) is 51.0 Å². The quantitative estimate of drug-likeness (QED) is 0.221. The normalized spacial score (nSPS) is 16.2. The van der Waals surface area contributed by atoms with Gasteiger partial charge in [-0.05, 0) is 52.6 Å². The Morgan fingerprint density at radius 3 is 2.63 bits per heavy atom. The maximum atomic E-state index is 12.9. The molecule has 0 radical (unpaired) electrons. The average Bonchev–Trinajstić information content (AvgIpc) is 3.28. The molecular formula is C23H21ClN6O4S. The van der Waals surface area contributed by atoms with Crippen LogP contribution >= 0.6 is 23.8 Å². The fraction of sp³-hybridized carbons (Fsp3) is 0.217. The number of carbonyl (C=O) groups excluding carboxylic acids is 2. The number of nitrogens with zero attached hydrogens (tertiary/aromatic N) is 5. The van der Waals surface area contributed by atoms with E-state index in [9.17, 15) is 14.7 Å². The Kier molecular flexibility index (Phi) is 7.08. The van der Waals surface area contributed by atoms with Crippen molar-refractivity contribution in [1.82, 2.24) is 15.1 Å². The van der Waals surface area contributed by atoms with Crippen molar-refractivity contribution in [3.05, 3.63) is 70.9 Å². The van der Waals surface area contributed by atoms with Crippen molar-refractivity contribution in [2.24, 2.45) is 12.0 Å². The third-order valence-electron chi connectivity index (χ3n) is 5.46. The molecule has 0 saturated carbocycles. The fourth-order valence-electron chi connectivity index (χ4n) is 3.57. The molecule has 35 heavy (non-hydrogen) atoms. The van der Waals surface area contributed by atoms with Crippen molar-refractivity contribution < 1.29 is 23.9 Å². The number of aryl methyl sites for hydroxylation is 1. The molecule has 4 rings (SSSR count). The average molecular weight is 513 g/mol. The molecule has 180 valence electrons.